The summed E-state index contributed by atoms with van der Waals surface area (Å²) in [5.41, 5.74) is 0.451. The fourth-order valence-corrected chi connectivity index (χ4v) is 1.82. The largest absolute Gasteiger partial charge is 0.384 e. The van der Waals surface area contributed by atoms with E-state index in [1.807, 2.05) is 0 Å². The highest BCUT2D eigenvalue weighted by Gasteiger charge is 2.42. The Morgan fingerprint density at radius 1 is 1.24 bits per heavy atom. The van der Waals surface area contributed by atoms with Gasteiger partial charge in [-0.15, -0.1) is 0 Å². The molecule has 0 saturated carbocycles. The molecule has 1 fully saturated rings. The standard InChI is InChI=1S/C14H11FN2O4/c1-16-12(19)13(20)17(14(16)21)8-10-5-4-9(3-2-6-18)7-11(10)15/h4-5,7,18H,6,8H2,1H3. The van der Waals surface area contributed by atoms with E-state index in [2.05, 4.69) is 11.8 Å². The molecule has 7 heteroatoms. The fourth-order valence-electron chi connectivity index (χ4n) is 1.82. The molecule has 0 aromatic heterocycles. The lowest BCUT2D eigenvalue weighted by atomic mass is 10.1. The van der Waals surface area contributed by atoms with Gasteiger partial charge < -0.3 is 5.11 Å². The number of rotatable bonds is 2. The van der Waals surface area contributed by atoms with E-state index in [-0.39, 0.29) is 18.7 Å². The van der Waals surface area contributed by atoms with Gasteiger partial charge in [0.15, 0.2) is 0 Å². The van der Waals surface area contributed by atoms with Gasteiger partial charge in [-0.2, -0.15) is 0 Å². The van der Waals surface area contributed by atoms with Gasteiger partial charge in [0.05, 0.1) is 6.54 Å². The second-order valence-electron chi connectivity index (χ2n) is 4.30. The monoisotopic (exact) mass is 290 g/mol. The third-order valence-corrected chi connectivity index (χ3v) is 2.94. The van der Waals surface area contributed by atoms with Crippen molar-refractivity contribution in [1.82, 2.24) is 9.80 Å². The van der Waals surface area contributed by atoms with Crippen molar-refractivity contribution in [2.45, 2.75) is 6.54 Å². The predicted molar refractivity (Wildman–Crippen MR) is 69.1 cm³/mol. The number of aliphatic hydroxyl groups is 1. The van der Waals surface area contributed by atoms with Gasteiger partial charge in [0.1, 0.15) is 12.4 Å². The van der Waals surface area contributed by atoms with Crippen molar-refractivity contribution in [2.75, 3.05) is 13.7 Å². The maximum Gasteiger partial charge on any atom is 0.334 e. The summed E-state index contributed by atoms with van der Waals surface area (Å²) in [6, 6.07) is 3.22. The quantitative estimate of drug-likeness (QED) is 0.476. The molecule has 1 aliphatic rings. The van der Waals surface area contributed by atoms with E-state index in [1.54, 1.807) is 0 Å². The number of urea groups is 1. The first-order valence-electron chi connectivity index (χ1n) is 5.97. The van der Waals surface area contributed by atoms with Crippen molar-refractivity contribution in [1.29, 1.82) is 0 Å². The average Bonchev–Trinajstić information content (AvgIpc) is 2.65. The van der Waals surface area contributed by atoms with Crippen LogP contribution in [0.3, 0.4) is 0 Å². The number of nitrogens with zero attached hydrogens (tertiary/aromatic N) is 2. The lowest BCUT2D eigenvalue weighted by molar-refractivity contribution is -0.143. The number of hydrogen-bond acceptors (Lipinski definition) is 4. The summed E-state index contributed by atoms with van der Waals surface area (Å²) < 4.78 is 13.9. The maximum absolute atomic E-state index is 13.9. The van der Waals surface area contributed by atoms with Crippen LogP contribution in [0.25, 0.3) is 0 Å². The molecule has 1 N–H and O–H groups in total. The van der Waals surface area contributed by atoms with Gasteiger partial charge in [-0.25, -0.2) is 9.18 Å². The number of hydrogen-bond donors (Lipinski definition) is 1. The Bertz CT molecular complexity index is 690. The molecule has 0 radical (unpaired) electrons. The second kappa shape index (κ2) is 5.73. The first-order valence-corrected chi connectivity index (χ1v) is 5.97. The maximum atomic E-state index is 13.9. The number of imide groups is 2. The van der Waals surface area contributed by atoms with Crippen LogP contribution in [0.2, 0.25) is 0 Å². The Labute approximate surface area is 119 Å². The SMILES string of the molecule is CN1C(=O)C(=O)N(Cc2ccc(C#CCO)cc2F)C1=O. The summed E-state index contributed by atoms with van der Waals surface area (Å²) in [6.07, 6.45) is 0. The minimum absolute atomic E-state index is 0.0920. The molecule has 0 aliphatic carbocycles. The number of aliphatic hydroxyl groups excluding tert-OH is 1. The molecule has 1 aromatic rings. The van der Waals surface area contributed by atoms with Crippen LogP contribution in [-0.2, 0) is 16.1 Å². The van der Waals surface area contributed by atoms with E-state index in [0.717, 1.165) is 6.07 Å². The molecule has 1 aliphatic heterocycles. The Morgan fingerprint density at radius 3 is 2.48 bits per heavy atom. The minimum atomic E-state index is -0.981. The molecule has 4 amide bonds. The van der Waals surface area contributed by atoms with Crippen LogP contribution >= 0.6 is 0 Å². The van der Waals surface area contributed by atoms with Crippen molar-refractivity contribution in [2.24, 2.45) is 0 Å². The molecule has 1 saturated heterocycles. The number of likely N-dealkylation sites (N-methyl/N-ethyl adjacent to an activating group) is 1. The van der Waals surface area contributed by atoms with E-state index in [1.165, 1.54) is 19.2 Å². The zero-order chi connectivity index (χ0) is 15.6. The van der Waals surface area contributed by atoms with Crippen molar-refractivity contribution >= 4 is 17.8 Å². The number of carbonyl (C=O) groups is 3. The van der Waals surface area contributed by atoms with E-state index in [9.17, 15) is 18.8 Å². The van der Waals surface area contributed by atoms with Crippen LogP contribution in [0, 0.1) is 17.7 Å². The van der Waals surface area contributed by atoms with E-state index in [0.29, 0.717) is 15.4 Å². The highest BCUT2D eigenvalue weighted by Crippen LogP contribution is 2.17. The summed E-state index contributed by atoms with van der Waals surface area (Å²) >= 11 is 0. The van der Waals surface area contributed by atoms with Crippen LogP contribution < -0.4 is 0 Å². The molecule has 21 heavy (non-hydrogen) atoms. The molecule has 2 rings (SSSR count). The summed E-state index contributed by atoms with van der Waals surface area (Å²) in [5, 5.41) is 8.56. The number of halogens is 1. The smallest absolute Gasteiger partial charge is 0.334 e. The number of carbonyl (C=O) groups excluding carboxylic acids is 3. The zero-order valence-electron chi connectivity index (χ0n) is 11.1. The Kier molecular flexibility index (Phi) is 4.00. The summed E-state index contributed by atoms with van der Waals surface area (Å²) in [5.74, 6) is 2.35. The molecular weight excluding hydrogens is 279 g/mol. The minimum Gasteiger partial charge on any atom is -0.384 e. The highest BCUT2D eigenvalue weighted by molar-refractivity contribution is 6.44. The summed E-state index contributed by atoms with van der Waals surface area (Å²) in [7, 11) is 1.19. The molecule has 0 atom stereocenters. The highest BCUT2D eigenvalue weighted by atomic mass is 19.1. The second-order valence-corrected chi connectivity index (χ2v) is 4.30. The van der Waals surface area contributed by atoms with Crippen LogP contribution in [-0.4, -0.2) is 46.4 Å². The normalized spacial score (nSPS) is 14.5. The molecule has 0 spiro atoms. The van der Waals surface area contributed by atoms with Crippen LogP contribution in [0.5, 0.6) is 0 Å². The predicted octanol–water partition coefficient (Wildman–Crippen LogP) is 0.0901. The fraction of sp³-hybridized carbons (Fsp3) is 0.214. The number of benzene rings is 1. The van der Waals surface area contributed by atoms with Crippen LogP contribution in [0.15, 0.2) is 18.2 Å². The van der Waals surface area contributed by atoms with Crippen molar-refractivity contribution < 1.29 is 23.9 Å². The van der Waals surface area contributed by atoms with Gasteiger partial charge >= 0.3 is 17.8 Å². The van der Waals surface area contributed by atoms with E-state index < -0.39 is 23.7 Å². The molecule has 6 nitrogen and oxygen atoms in total. The molecule has 1 aromatic carbocycles. The van der Waals surface area contributed by atoms with Crippen LogP contribution in [0.1, 0.15) is 11.1 Å². The Balaban J connectivity index is 2.23. The van der Waals surface area contributed by atoms with Gasteiger partial charge in [-0.3, -0.25) is 19.4 Å². The molecule has 108 valence electrons. The lowest BCUT2D eigenvalue weighted by Crippen LogP contribution is -2.31. The average molecular weight is 290 g/mol. The first kappa shape index (κ1) is 14.7. The number of amides is 4. The van der Waals surface area contributed by atoms with Gasteiger partial charge in [0.25, 0.3) is 0 Å². The van der Waals surface area contributed by atoms with Gasteiger partial charge in [-0.1, -0.05) is 17.9 Å². The lowest BCUT2D eigenvalue weighted by Gasteiger charge is -2.13. The van der Waals surface area contributed by atoms with Gasteiger partial charge in [0, 0.05) is 18.2 Å². The molecule has 0 bridgehead atoms. The summed E-state index contributed by atoms with van der Waals surface area (Å²) in [4.78, 5) is 36.0. The van der Waals surface area contributed by atoms with Gasteiger partial charge in [-0.05, 0) is 12.1 Å². The van der Waals surface area contributed by atoms with E-state index in [4.69, 9.17) is 5.11 Å². The van der Waals surface area contributed by atoms with E-state index >= 15 is 0 Å². The molecule has 0 unspecified atom stereocenters. The third-order valence-electron chi connectivity index (χ3n) is 2.94. The Hall–Kier alpha value is -2.72. The molecule has 1 heterocycles. The Morgan fingerprint density at radius 2 is 1.95 bits per heavy atom. The first-order chi connectivity index (χ1) is 9.95. The summed E-state index contributed by atoms with van der Waals surface area (Å²) in [6.45, 7) is -0.665. The van der Waals surface area contributed by atoms with Crippen LogP contribution in [0.4, 0.5) is 9.18 Å². The third kappa shape index (κ3) is 2.75. The molecular formula is C14H11FN2O4. The van der Waals surface area contributed by atoms with Crippen molar-refractivity contribution in [3.63, 3.8) is 0 Å². The topological polar surface area (TPSA) is 77.9 Å². The zero-order valence-corrected chi connectivity index (χ0v) is 11.1. The van der Waals surface area contributed by atoms with Crippen molar-refractivity contribution in [3.05, 3.63) is 35.1 Å². The van der Waals surface area contributed by atoms with Crippen molar-refractivity contribution in [3.8, 4) is 11.8 Å². The van der Waals surface area contributed by atoms with Gasteiger partial charge in [0.2, 0.25) is 0 Å².